The number of unbranched alkanes of at least 4 members (excludes halogenated alkanes) is 3. The minimum atomic E-state index is -4.36. The van der Waals surface area contributed by atoms with E-state index in [1.165, 1.54) is 12.1 Å². The molecule has 4 atom stereocenters. The number of β-amino-alcohol motifs (C(OH)–C–C–N with tert-alkyl or cyclic N) is 1. The number of rotatable bonds is 9. The van der Waals surface area contributed by atoms with Gasteiger partial charge in [0.05, 0.1) is 30.9 Å². The number of benzene rings is 1. The third kappa shape index (κ3) is 6.31. The van der Waals surface area contributed by atoms with Crippen molar-refractivity contribution in [1.82, 2.24) is 4.90 Å². The van der Waals surface area contributed by atoms with Gasteiger partial charge in [-0.2, -0.15) is 13.2 Å². The van der Waals surface area contributed by atoms with Crippen molar-refractivity contribution in [2.45, 2.75) is 56.2 Å². The van der Waals surface area contributed by atoms with Crippen molar-refractivity contribution >= 4 is 0 Å². The molecule has 1 heterocycles. The maximum Gasteiger partial charge on any atom is 0.416 e. The molecule has 1 aliphatic rings. The summed E-state index contributed by atoms with van der Waals surface area (Å²) in [5.41, 5.74) is -0.707. The first-order chi connectivity index (χ1) is 13.2. The molecule has 6 nitrogen and oxygen atoms in total. The lowest BCUT2D eigenvalue weighted by atomic mass is 9.94. The first kappa shape index (κ1) is 22.9. The van der Waals surface area contributed by atoms with Gasteiger partial charge in [-0.1, -0.05) is 12.8 Å². The summed E-state index contributed by atoms with van der Waals surface area (Å²) in [6.07, 6.45) is -4.60. The summed E-state index contributed by atoms with van der Waals surface area (Å²) >= 11 is 0. The second-order valence-corrected chi connectivity index (χ2v) is 7.08. The molecule has 1 aliphatic heterocycles. The SMILES string of the molecule is OC[C@@H]1[C@@H](O)[C@H](O)[C@@H](O)CN1CCCCCCOc1ccc(C(F)(F)F)cc1. The van der Waals surface area contributed by atoms with Crippen molar-refractivity contribution in [3.05, 3.63) is 29.8 Å². The molecule has 0 aromatic heterocycles. The molecule has 0 amide bonds. The molecule has 4 N–H and O–H groups in total. The minimum Gasteiger partial charge on any atom is -0.494 e. The van der Waals surface area contributed by atoms with Crippen LogP contribution in [0.1, 0.15) is 31.2 Å². The smallest absolute Gasteiger partial charge is 0.416 e. The molecular weight excluding hydrogens is 379 g/mol. The molecule has 0 bridgehead atoms. The Hall–Kier alpha value is -1.39. The molecule has 0 aliphatic carbocycles. The second-order valence-electron chi connectivity index (χ2n) is 7.08. The largest absolute Gasteiger partial charge is 0.494 e. The van der Waals surface area contributed by atoms with E-state index in [9.17, 15) is 33.6 Å². The van der Waals surface area contributed by atoms with E-state index in [2.05, 4.69) is 0 Å². The topological polar surface area (TPSA) is 93.4 Å². The molecule has 0 spiro atoms. The number of hydrogen-bond donors (Lipinski definition) is 4. The Labute approximate surface area is 162 Å². The molecule has 160 valence electrons. The fourth-order valence-corrected chi connectivity index (χ4v) is 3.34. The quantitative estimate of drug-likeness (QED) is 0.463. The Bertz CT molecular complexity index is 584. The number of ether oxygens (including phenoxy) is 1. The van der Waals surface area contributed by atoms with Gasteiger partial charge in [0.15, 0.2) is 0 Å². The Kier molecular flexibility index (Phi) is 8.51. The van der Waals surface area contributed by atoms with E-state index in [0.29, 0.717) is 18.9 Å². The van der Waals surface area contributed by atoms with Gasteiger partial charge in [-0.25, -0.2) is 0 Å². The average Bonchev–Trinajstić information content (AvgIpc) is 2.65. The standard InChI is InChI=1S/C19H28F3NO5/c20-19(21,22)13-5-7-14(8-6-13)28-10-4-2-1-3-9-23-11-16(25)18(27)17(26)15(23)12-24/h5-8,15-18,24-27H,1-4,9-12H2/t15-,16+,17-,18-/m1/s1. The number of likely N-dealkylation sites (tertiary alicyclic amines) is 1. The Morgan fingerprint density at radius 1 is 0.964 bits per heavy atom. The van der Waals surface area contributed by atoms with Crippen molar-refractivity contribution in [2.24, 2.45) is 0 Å². The third-order valence-corrected chi connectivity index (χ3v) is 5.01. The molecule has 1 aromatic carbocycles. The molecule has 9 heteroatoms. The maximum atomic E-state index is 12.5. The molecule has 2 rings (SSSR count). The normalized spacial score (nSPS) is 26.4. The Morgan fingerprint density at radius 2 is 1.61 bits per heavy atom. The fourth-order valence-electron chi connectivity index (χ4n) is 3.34. The van der Waals surface area contributed by atoms with Gasteiger partial charge < -0.3 is 25.2 Å². The summed E-state index contributed by atoms with van der Waals surface area (Å²) in [6.45, 7) is 0.871. The van der Waals surface area contributed by atoms with Crippen LogP contribution in [0.15, 0.2) is 24.3 Å². The average molecular weight is 407 g/mol. The lowest BCUT2D eigenvalue weighted by Gasteiger charge is -2.43. The van der Waals surface area contributed by atoms with Crippen LogP contribution in [0.3, 0.4) is 0 Å². The highest BCUT2D eigenvalue weighted by Crippen LogP contribution is 2.30. The molecule has 1 fully saturated rings. The van der Waals surface area contributed by atoms with Gasteiger partial charge in [0.2, 0.25) is 0 Å². The summed E-state index contributed by atoms with van der Waals surface area (Å²) in [5, 5.41) is 38.8. The summed E-state index contributed by atoms with van der Waals surface area (Å²) < 4.78 is 42.9. The van der Waals surface area contributed by atoms with Crippen molar-refractivity contribution in [3.8, 4) is 5.75 Å². The molecule has 1 saturated heterocycles. The second kappa shape index (κ2) is 10.4. The predicted molar refractivity (Wildman–Crippen MR) is 95.9 cm³/mol. The van der Waals surface area contributed by atoms with E-state index in [4.69, 9.17) is 4.74 Å². The summed E-state index contributed by atoms with van der Waals surface area (Å²) in [6, 6.07) is 4.00. The number of aliphatic hydroxyl groups excluding tert-OH is 4. The monoisotopic (exact) mass is 407 g/mol. The van der Waals surface area contributed by atoms with Crippen molar-refractivity contribution in [1.29, 1.82) is 0 Å². The first-order valence-corrected chi connectivity index (χ1v) is 9.43. The van der Waals surface area contributed by atoms with Gasteiger partial charge in [-0.05, 0) is 43.7 Å². The van der Waals surface area contributed by atoms with E-state index in [1.807, 2.05) is 0 Å². The molecule has 0 radical (unpaired) electrons. The number of alkyl halides is 3. The number of halogens is 3. The van der Waals surface area contributed by atoms with Gasteiger partial charge in [-0.3, -0.25) is 4.90 Å². The predicted octanol–water partition coefficient (Wildman–Crippen LogP) is 1.40. The number of piperidine rings is 1. The van der Waals surface area contributed by atoms with Crippen LogP contribution in [-0.2, 0) is 6.18 Å². The highest BCUT2D eigenvalue weighted by molar-refractivity contribution is 5.28. The Balaban J connectivity index is 1.61. The fraction of sp³-hybridized carbons (Fsp3) is 0.684. The van der Waals surface area contributed by atoms with E-state index in [-0.39, 0.29) is 13.2 Å². The van der Waals surface area contributed by atoms with E-state index >= 15 is 0 Å². The summed E-state index contributed by atoms with van der Waals surface area (Å²) in [5.74, 6) is 0.397. The zero-order valence-electron chi connectivity index (χ0n) is 15.6. The number of nitrogens with zero attached hydrogens (tertiary/aromatic N) is 1. The van der Waals surface area contributed by atoms with Crippen LogP contribution < -0.4 is 4.74 Å². The van der Waals surface area contributed by atoms with Gasteiger partial charge in [-0.15, -0.1) is 0 Å². The number of aliphatic hydroxyl groups is 4. The van der Waals surface area contributed by atoms with Crippen LogP contribution in [0.4, 0.5) is 13.2 Å². The van der Waals surface area contributed by atoms with Crippen LogP contribution in [-0.4, -0.2) is 76.0 Å². The van der Waals surface area contributed by atoms with Crippen LogP contribution in [0.2, 0.25) is 0 Å². The maximum absolute atomic E-state index is 12.5. The molecule has 0 saturated carbocycles. The van der Waals surface area contributed by atoms with Crippen molar-refractivity contribution in [2.75, 3.05) is 26.3 Å². The van der Waals surface area contributed by atoms with Crippen molar-refractivity contribution < 1.29 is 38.3 Å². The van der Waals surface area contributed by atoms with E-state index < -0.39 is 36.1 Å². The van der Waals surface area contributed by atoms with Crippen LogP contribution in [0, 0.1) is 0 Å². The zero-order valence-corrected chi connectivity index (χ0v) is 15.6. The minimum absolute atomic E-state index is 0.195. The zero-order chi connectivity index (χ0) is 20.7. The summed E-state index contributed by atoms with van der Waals surface area (Å²) in [7, 11) is 0. The third-order valence-electron chi connectivity index (χ3n) is 5.01. The van der Waals surface area contributed by atoms with Gasteiger partial charge >= 0.3 is 6.18 Å². The molecule has 0 unspecified atom stereocenters. The van der Waals surface area contributed by atoms with Gasteiger partial charge in [0.25, 0.3) is 0 Å². The highest BCUT2D eigenvalue weighted by Gasteiger charge is 2.40. The molecular formula is C19H28F3NO5. The molecule has 1 aromatic rings. The Morgan fingerprint density at radius 3 is 2.21 bits per heavy atom. The lowest BCUT2D eigenvalue weighted by molar-refractivity contribution is -0.145. The van der Waals surface area contributed by atoms with Crippen LogP contribution >= 0.6 is 0 Å². The van der Waals surface area contributed by atoms with E-state index in [1.54, 1.807) is 4.90 Å². The first-order valence-electron chi connectivity index (χ1n) is 9.43. The molecule has 28 heavy (non-hydrogen) atoms. The van der Waals surface area contributed by atoms with Gasteiger partial charge in [0, 0.05) is 6.54 Å². The number of hydrogen-bond acceptors (Lipinski definition) is 6. The van der Waals surface area contributed by atoms with E-state index in [0.717, 1.165) is 37.8 Å². The van der Waals surface area contributed by atoms with Crippen LogP contribution in [0.25, 0.3) is 0 Å². The van der Waals surface area contributed by atoms with Crippen LogP contribution in [0.5, 0.6) is 5.75 Å². The van der Waals surface area contributed by atoms with Crippen molar-refractivity contribution in [3.63, 3.8) is 0 Å². The summed E-state index contributed by atoms with van der Waals surface area (Å²) in [4.78, 5) is 1.78. The highest BCUT2D eigenvalue weighted by atomic mass is 19.4. The lowest BCUT2D eigenvalue weighted by Crippen LogP contribution is -2.62. The van der Waals surface area contributed by atoms with Gasteiger partial charge in [0.1, 0.15) is 18.0 Å².